The van der Waals surface area contributed by atoms with Crippen molar-refractivity contribution in [2.75, 3.05) is 32.7 Å². The molecular formula is C19H39N5O. The number of aliphatic imine (C=N–C) groups is 1. The highest BCUT2D eigenvalue weighted by Gasteiger charge is 2.17. The van der Waals surface area contributed by atoms with Gasteiger partial charge in [-0.25, -0.2) is 4.99 Å². The van der Waals surface area contributed by atoms with Crippen LogP contribution >= 0.6 is 0 Å². The molecule has 0 aromatic carbocycles. The lowest BCUT2D eigenvalue weighted by atomic mass is 10.0. The molecule has 1 aliphatic rings. The van der Waals surface area contributed by atoms with Crippen LogP contribution in [0.1, 0.15) is 66.7 Å². The summed E-state index contributed by atoms with van der Waals surface area (Å²) in [5.41, 5.74) is -0.218. The number of piperidine rings is 1. The molecule has 1 rings (SSSR count). The molecule has 0 aliphatic carbocycles. The van der Waals surface area contributed by atoms with Gasteiger partial charge in [0.05, 0.1) is 0 Å². The van der Waals surface area contributed by atoms with E-state index in [1.807, 2.05) is 27.7 Å². The average Bonchev–Trinajstić information content (AvgIpc) is 2.52. The number of hydrogen-bond acceptors (Lipinski definition) is 3. The van der Waals surface area contributed by atoms with Gasteiger partial charge in [-0.2, -0.15) is 0 Å². The van der Waals surface area contributed by atoms with Gasteiger partial charge in [0.15, 0.2) is 5.96 Å². The van der Waals surface area contributed by atoms with Gasteiger partial charge < -0.3 is 20.9 Å². The van der Waals surface area contributed by atoms with Crippen LogP contribution in [-0.4, -0.2) is 61.1 Å². The molecule has 0 aromatic heterocycles. The van der Waals surface area contributed by atoms with Crippen LogP contribution in [0, 0.1) is 0 Å². The van der Waals surface area contributed by atoms with E-state index < -0.39 is 0 Å². The van der Waals surface area contributed by atoms with E-state index in [9.17, 15) is 4.79 Å². The van der Waals surface area contributed by atoms with Crippen LogP contribution in [0.5, 0.6) is 0 Å². The molecule has 0 aromatic rings. The zero-order valence-electron chi connectivity index (χ0n) is 17.0. The lowest BCUT2D eigenvalue weighted by Crippen LogP contribution is -2.43. The third-order valence-electron chi connectivity index (χ3n) is 4.34. The summed E-state index contributed by atoms with van der Waals surface area (Å²) in [6.07, 6.45) is 6.37. The maximum absolute atomic E-state index is 11.9. The molecule has 1 fully saturated rings. The van der Waals surface area contributed by atoms with Crippen molar-refractivity contribution in [1.29, 1.82) is 0 Å². The summed E-state index contributed by atoms with van der Waals surface area (Å²) in [7, 11) is 0. The molecule has 0 bridgehead atoms. The number of guanidine groups is 1. The van der Waals surface area contributed by atoms with Gasteiger partial charge in [0, 0.05) is 24.7 Å². The molecule has 1 heterocycles. The smallest absolute Gasteiger partial charge is 0.242 e. The first-order valence-corrected chi connectivity index (χ1v) is 9.89. The molecular weight excluding hydrogens is 314 g/mol. The van der Waals surface area contributed by atoms with E-state index >= 15 is 0 Å². The quantitative estimate of drug-likeness (QED) is 0.355. The topological polar surface area (TPSA) is 68.8 Å². The van der Waals surface area contributed by atoms with Crippen molar-refractivity contribution in [3.05, 3.63) is 0 Å². The average molecular weight is 354 g/mol. The minimum absolute atomic E-state index is 0.0520. The number of rotatable bonds is 8. The van der Waals surface area contributed by atoms with Crippen LogP contribution < -0.4 is 16.0 Å². The summed E-state index contributed by atoms with van der Waals surface area (Å²) in [6, 6.07) is 0.738. The van der Waals surface area contributed by atoms with Crippen LogP contribution in [0.2, 0.25) is 0 Å². The Morgan fingerprint density at radius 2 is 1.96 bits per heavy atom. The lowest BCUT2D eigenvalue weighted by molar-refractivity contribution is -0.121. The summed E-state index contributed by atoms with van der Waals surface area (Å²) < 4.78 is 0. The minimum Gasteiger partial charge on any atom is -0.357 e. The van der Waals surface area contributed by atoms with E-state index in [2.05, 4.69) is 32.8 Å². The van der Waals surface area contributed by atoms with Crippen molar-refractivity contribution in [2.45, 2.75) is 78.3 Å². The Bertz CT molecular complexity index is 417. The Morgan fingerprint density at radius 3 is 2.60 bits per heavy atom. The molecule has 6 nitrogen and oxygen atoms in total. The van der Waals surface area contributed by atoms with Gasteiger partial charge in [0.2, 0.25) is 5.91 Å². The molecule has 0 saturated carbocycles. The van der Waals surface area contributed by atoms with Crippen LogP contribution in [-0.2, 0) is 4.79 Å². The minimum atomic E-state index is -0.218. The monoisotopic (exact) mass is 353 g/mol. The predicted octanol–water partition coefficient (Wildman–Crippen LogP) is 2.11. The maximum atomic E-state index is 11.9. The van der Waals surface area contributed by atoms with E-state index in [4.69, 9.17) is 0 Å². The molecule has 3 N–H and O–H groups in total. The molecule has 146 valence electrons. The summed E-state index contributed by atoms with van der Waals surface area (Å²) in [5.74, 6) is 0.668. The van der Waals surface area contributed by atoms with Gasteiger partial charge in [-0.1, -0.05) is 6.42 Å². The molecule has 25 heavy (non-hydrogen) atoms. The molecule has 1 amide bonds. The normalized spacial score (nSPS) is 19.6. The third kappa shape index (κ3) is 10.3. The summed E-state index contributed by atoms with van der Waals surface area (Å²) in [5, 5.41) is 9.45. The molecule has 1 saturated heterocycles. The number of likely N-dealkylation sites (tertiary alicyclic amines) is 1. The van der Waals surface area contributed by atoms with Crippen molar-refractivity contribution in [1.82, 2.24) is 20.9 Å². The number of hydrogen-bond donors (Lipinski definition) is 3. The van der Waals surface area contributed by atoms with Gasteiger partial charge in [-0.05, 0) is 73.4 Å². The molecule has 1 aliphatic heterocycles. The van der Waals surface area contributed by atoms with Gasteiger partial charge in [-0.3, -0.25) is 4.79 Å². The van der Waals surface area contributed by atoms with E-state index in [0.717, 1.165) is 31.5 Å². The zero-order chi connectivity index (χ0) is 18.7. The molecule has 6 heteroatoms. The summed E-state index contributed by atoms with van der Waals surface area (Å²) in [4.78, 5) is 18.9. The first kappa shape index (κ1) is 21.7. The van der Waals surface area contributed by atoms with E-state index in [-0.39, 0.29) is 18.0 Å². The van der Waals surface area contributed by atoms with Gasteiger partial charge in [-0.15, -0.1) is 0 Å². The Labute approximate surface area is 154 Å². The molecule has 0 spiro atoms. The zero-order valence-corrected chi connectivity index (χ0v) is 17.0. The fraction of sp³-hybridized carbons (Fsp3) is 0.895. The number of unbranched alkanes of at least 4 members (excludes halogenated alkanes) is 1. The Morgan fingerprint density at radius 1 is 1.20 bits per heavy atom. The number of amides is 1. The molecule has 0 radical (unpaired) electrons. The number of nitrogens with zero attached hydrogens (tertiary/aromatic N) is 2. The first-order valence-electron chi connectivity index (χ1n) is 9.89. The van der Waals surface area contributed by atoms with E-state index in [0.29, 0.717) is 0 Å². The summed E-state index contributed by atoms with van der Waals surface area (Å²) in [6.45, 7) is 14.6. The maximum Gasteiger partial charge on any atom is 0.242 e. The second-order valence-corrected chi connectivity index (χ2v) is 8.01. The number of carbonyl (C=O) groups is 1. The van der Waals surface area contributed by atoms with Crippen LogP contribution in [0.3, 0.4) is 0 Å². The van der Waals surface area contributed by atoms with Crippen LogP contribution in [0.25, 0.3) is 0 Å². The number of nitrogens with one attached hydrogen (secondary N) is 3. The van der Waals surface area contributed by atoms with Gasteiger partial charge in [0.1, 0.15) is 6.54 Å². The summed E-state index contributed by atoms with van der Waals surface area (Å²) >= 11 is 0. The predicted molar refractivity (Wildman–Crippen MR) is 106 cm³/mol. The highest BCUT2D eigenvalue weighted by molar-refractivity contribution is 5.85. The second-order valence-electron chi connectivity index (χ2n) is 8.01. The Kier molecular flexibility index (Phi) is 9.86. The largest absolute Gasteiger partial charge is 0.357 e. The standard InChI is InChI=1S/C19H39N5O/c1-6-20-18(22-15-17(25)23-19(3,4)5)21-12-8-10-14-24-13-9-7-11-16(24)2/h16H,6-15H2,1-5H3,(H,23,25)(H2,20,21,22). The second kappa shape index (κ2) is 11.3. The van der Waals surface area contributed by atoms with Crippen molar-refractivity contribution in [3.63, 3.8) is 0 Å². The van der Waals surface area contributed by atoms with Crippen molar-refractivity contribution < 1.29 is 4.79 Å². The van der Waals surface area contributed by atoms with Crippen LogP contribution in [0.15, 0.2) is 4.99 Å². The fourth-order valence-corrected chi connectivity index (χ4v) is 3.09. The third-order valence-corrected chi connectivity index (χ3v) is 4.34. The van der Waals surface area contributed by atoms with Gasteiger partial charge in [0.25, 0.3) is 0 Å². The highest BCUT2D eigenvalue weighted by atomic mass is 16.2. The Balaban J connectivity index is 2.25. The highest BCUT2D eigenvalue weighted by Crippen LogP contribution is 2.16. The fourth-order valence-electron chi connectivity index (χ4n) is 3.09. The number of carbonyl (C=O) groups excluding carboxylic acids is 1. The Hall–Kier alpha value is -1.30. The van der Waals surface area contributed by atoms with Crippen molar-refractivity contribution >= 4 is 11.9 Å². The van der Waals surface area contributed by atoms with E-state index in [1.165, 1.54) is 38.8 Å². The van der Waals surface area contributed by atoms with Crippen molar-refractivity contribution in [2.24, 2.45) is 4.99 Å². The first-order chi connectivity index (χ1) is 11.8. The lowest BCUT2D eigenvalue weighted by Gasteiger charge is -2.33. The van der Waals surface area contributed by atoms with Crippen molar-refractivity contribution in [3.8, 4) is 0 Å². The van der Waals surface area contributed by atoms with Crippen LogP contribution in [0.4, 0.5) is 0 Å². The molecule has 1 unspecified atom stereocenters. The SMILES string of the molecule is CCNC(=NCC(=O)NC(C)(C)C)NCCCCN1CCCCC1C. The molecule has 1 atom stereocenters. The van der Waals surface area contributed by atoms with E-state index in [1.54, 1.807) is 0 Å². The van der Waals surface area contributed by atoms with Gasteiger partial charge >= 0.3 is 0 Å².